The largest absolute Gasteiger partial charge is 0.399 e. The molecule has 0 aliphatic heterocycles. The Morgan fingerprint density at radius 2 is 0.315 bits per heavy atom. The highest BCUT2D eigenvalue weighted by molar-refractivity contribution is 6.05. The van der Waals surface area contributed by atoms with Crippen molar-refractivity contribution in [2.24, 2.45) is 0 Å². The van der Waals surface area contributed by atoms with Crippen molar-refractivity contribution in [1.82, 2.24) is 0 Å². The first-order valence-electron chi connectivity index (χ1n) is 18.0. The molecule has 0 atom stereocenters. The molecule has 0 saturated heterocycles. The molecule has 0 aliphatic carbocycles. The van der Waals surface area contributed by atoms with E-state index in [0.717, 1.165) is 101 Å². The number of benzene rings is 8. The zero-order valence-electron chi connectivity index (χ0n) is 29.8. The monoisotopic (exact) mass is 696 g/mol. The maximum atomic E-state index is 6.01. The number of anilines is 4. The van der Waals surface area contributed by atoms with Crippen LogP contribution in [0.4, 0.5) is 22.7 Å². The van der Waals surface area contributed by atoms with Crippen LogP contribution in [0.5, 0.6) is 0 Å². The third kappa shape index (κ3) is 7.22. The SMILES string of the molecule is Nc1ccc(-c2ccc(C(=C(c3ccc(-c4ccc(N)cc4)cc3)c3ccc(-c4ccc(N)cc4)cc3)c3ccc(-c4ccc(N)cc4)cc3)cc2)cc1. The van der Waals surface area contributed by atoms with Gasteiger partial charge in [-0.05, 0) is 126 Å². The van der Waals surface area contributed by atoms with E-state index < -0.39 is 0 Å². The standard InChI is InChI=1S/C50H40N4/c51-45-25-17-37(18-26-45)33-1-9-41(10-2-33)49(42-11-3-34(4-12-42)38-19-27-46(52)28-20-38)50(43-13-5-35(6-14-43)39-21-29-47(53)30-22-39)44-15-7-36(8-16-44)40-23-31-48(54)32-24-40/h1-32H,51-54H2. The first-order valence-corrected chi connectivity index (χ1v) is 18.0. The quantitative estimate of drug-likeness (QED) is 0.0937. The molecule has 0 bridgehead atoms. The maximum Gasteiger partial charge on any atom is 0.0314 e. The van der Waals surface area contributed by atoms with E-state index in [1.165, 1.54) is 0 Å². The molecule has 0 fully saturated rings. The second kappa shape index (κ2) is 14.7. The molecule has 0 amide bonds. The molecule has 0 aromatic heterocycles. The van der Waals surface area contributed by atoms with Crippen LogP contribution in [0.3, 0.4) is 0 Å². The van der Waals surface area contributed by atoms with Crippen LogP contribution in [0.15, 0.2) is 194 Å². The lowest BCUT2D eigenvalue weighted by molar-refractivity contribution is 1.49. The van der Waals surface area contributed by atoms with Gasteiger partial charge in [-0.15, -0.1) is 0 Å². The zero-order chi connectivity index (χ0) is 37.0. The third-order valence-corrected chi connectivity index (χ3v) is 9.92. The molecule has 4 nitrogen and oxygen atoms in total. The minimum absolute atomic E-state index is 0.748. The summed E-state index contributed by atoms with van der Waals surface area (Å²) in [5.74, 6) is 0. The molecule has 8 N–H and O–H groups in total. The van der Waals surface area contributed by atoms with Crippen molar-refractivity contribution in [1.29, 1.82) is 0 Å². The molecule has 260 valence electrons. The smallest absolute Gasteiger partial charge is 0.0314 e. The van der Waals surface area contributed by atoms with Crippen molar-refractivity contribution in [3.63, 3.8) is 0 Å². The van der Waals surface area contributed by atoms with Gasteiger partial charge in [0.15, 0.2) is 0 Å². The first-order chi connectivity index (χ1) is 26.4. The lowest BCUT2D eigenvalue weighted by Crippen LogP contribution is -1.98. The van der Waals surface area contributed by atoms with Gasteiger partial charge in [-0.3, -0.25) is 0 Å². The summed E-state index contributed by atoms with van der Waals surface area (Å²) in [5, 5.41) is 0. The second-order valence-electron chi connectivity index (χ2n) is 13.5. The lowest BCUT2D eigenvalue weighted by Gasteiger charge is -2.20. The van der Waals surface area contributed by atoms with E-state index in [0.29, 0.717) is 0 Å². The molecule has 54 heavy (non-hydrogen) atoms. The number of nitrogen functional groups attached to an aromatic ring is 4. The number of hydrogen-bond donors (Lipinski definition) is 4. The predicted molar refractivity (Wildman–Crippen MR) is 230 cm³/mol. The van der Waals surface area contributed by atoms with Gasteiger partial charge < -0.3 is 22.9 Å². The van der Waals surface area contributed by atoms with Crippen LogP contribution in [-0.4, -0.2) is 0 Å². The molecule has 0 spiro atoms. The average molecular weight is 697 g/mol. The second-order valence-corrected chi connectivity index (χ2v) is 13.5. The molecule has 0 saturated carbocycles. The molecule has 0 aliphatic rings. The molecule has 4 heteroatoms. The van der Waals surface area contributed by atoms with Crippen molar-refractivity contribution in [2.75, 3.05) is 22.9 Å². The van der Waals surface area contributed by atoms with Gasteiger partial charge in [0.2, 0.25) is 0 Å². The highest BCUT2D eigenvalue weighted by Crippen LogP contribution is 2.40. The maximum absolute atomic E-state index is 6.01. The van der Waals surface area contributed by atoms with Gasteiger partial charge in [-0.1, -0.05) is 146 Å². The fourth-order valence-electron chi connectivity index (χ4n) is 6.93. The van der Waals surface area contributed by atoms with Crippen molar-refractivity contribution in [3.05, 3.63) is 216 Å². The molecule has 8 rings (SSSR count). The van der Waals surface area contributed by atoms with Gasteiger partial charge in [0, 0.05) is 22.7 Å². The van der Waals surface area contributed by atoms with E-state index in [-0.39, 0.29) is 0 Å². The molecular formula is C50H40N4. The minimum atomic E-state index is 0.748. The number of rotatable bonds is 8. The summed E-state index contributed by atoms with van der Waals surface area (Å²) < 4.78 is 0. The summed E-state index contributed by atoms with van der Waals surface area (Å²) in [6.07, 6.45) is 0. The van der Waals surface area contributed by atoms with Gasteiger partial charge >= 0.3 is 0 Å². The Morgan fingerprint density at radius 1 is 0.185 bits per heavy atom. The van der Waals surface area contributed by atoms with E-state index in [9.17, 15) is 0 Å². The fraction of sp³-hybridized carbons (Fsp3) is 0. The van der Waals surface area contributed by atoms with Crippen LogP contribution in [-0.2, 0) is 0 Å². The highest BCUT2D eigenvalue weighted by atomic mass is 14.5. The third-order valence-electron chi connectivity index (χ3n) is 9.92. The Hall–Kier alpha value is -7.30. The molecule has 0 heterocycles. The molecular weight excluding hydrogens is 657 g/mol. The van der Waals surface area contributed by atoms with Gasteiger partial charge in [-0.25, -0.2) is 0 Å². The lowest BCUT2D eigenvalue weighted by atomic mass is 9.84. The van der Waals surface area contributed by atoms with Crippen LogP contribution in [0.2, 0.25) is 0 Å². The Balaban J connectivity index is 1.32. The minimum Gasteiger partial charge on any atom is -0.399 e. The average Bonchev–Trinajstić information content (AvgIpc) is 3.22. The number of nitrogens with two attached hydrogens (primary N) is 4. The van der Waals surface area contributed by atoms with E-state index in [4.69, 9.17) is 22.9 Å². The van der Waals surface area contributed by atoms with Crippen LogP contribution < -0.4 is 22.9 Å². The van der Waals surface area contributed by atoms with Crippen LogP contribution >= 0.6 is 0 Å². The van der Waals surface area contributed by atoms with Crippen molar-refractivity contribution in [2.45, 2.75) is 0 Å². The molecule has 0 radical (unpaired) electrons. The summed E-state index contributed by atoms with van der Waals surface area (Å²) in [6, 6.07) is 67.3. The summed E-state index contributed by atoms with van der Waals surface area (Å²) in [4.78, 5) is 0. The summed E-state index contributed by atoms with van der Waals surface area (Å²) >= 11 is 0. The van der Waals surface area contributed by atoms with Crippen LogP contribution in [0, 0.1) is 0 Å². The highest BCUT2D eigenvalue weighted by Gasteiger charge is 2.18. The van der Waals surface area contributed by atoms with Gasteiger partial charge in [-0.2, -0.15) is 0 Å². The summed E-state index contributed by atoms with van der Waals surface area (Å²) in [6.45, 7) is 0. The van der Waals surface area contributed by atoms with Gasteiger partial charge in [0.1, 0.15) is 0 Å². The van der Waals surface area contributed by atoms with Crippen LogP contribution in [0.1, 0.15) is 22.3 Å². The van der Waals surface area contributed by atoms with Crippen molar-refractivity contribution >= 4 is 33.9 Å². The van der Waals surface area contributed by atoms with E-state index in [1.54, 1.807) is 0 Å². The van der Waals surface area contributed by atoms with Gasteiger partial charge in [0.25, 0.3) is 0 Å². The normalized spacial score (nSPS) is 10.9. The summed E-state index contributed by atoms with van der Waals surface area (Å²) in [5.41, 5.74) is 42.7. The molecule has 0 unspecified atom stereocenters. The van der Waals surface area contributed by atoms with Gasteiger partial charge in [0.05, 0.1) is 0 Å². The number of hydrogen-bond acceptors (Lipinski definition) is 4. The Kier molecular flexibility index (Phi) is 9.23. The summed E-state index contributed by atoms with van der Waals surface area (Å²) in [7, 11) is 0. The fourth-order valence-corrected chi connectivity index (χ4v) is 6.93. The molecule has 8 aromatic carbocycles. The zero-order valence-corrected chi connectivity index (χ0v) is 29.8. The topological polar surface area (TPSA) is 104 Å². The predicted octanol–water partition coefficient (Wildman–Crippen LogP) is 11.7. The van der Waals surface area contributed by atoms with E-state index >= 15 is 0 Å². The first kappa shape index (κ1) is 33.8. The Morgan fingerprint density at radius 3 is 0.463 bits per heavy atom. The molecule has 8 aromatic rings. The van der Waals surface area contributed by atoms with Crippen molar-refractivity contribution in [3.8, 4) is 44.5 Å². The van der Waals surface area contributed by atoms with E-state index in [1.807, 2.05) is 48.5 Å². The van der Waals surface area contributed by atoms with Crippen molar-refractivity contribution < 1.29 is 0 Å². The van der Waals surface area contributed by atoms with E-state index in [2.05, 4.69) is 146 Å². The Bertz CT molecular complexity index is 2170. The van der Waals surface area contributed by atoms with Crippen LogP contribution in [0.25, 0.3) is 55.7 Å². The Labute approximate surface area is 316 Å².